The summed E-state index contributed by atoms with van der Waals surface area (Å²) >= 11 is 5.04. The summed E-state index contributed by atoms with van der Waals surface area (Å²) in [5, 5.41) is 0. The number of rotatable bonds is 28. The Labute approximate surface area is 247 Å². The third-order valence-electron chi connectivity index (χ3n) is 6.49. The molecule has 0 spiro atoms. The maximum Gasteiger partial charge on any atom is 0.160 e. The molecule has 0 amide bonds. The zero-order chi connectivity index (χ0) is 26.0. The van der Waals surface area contributed by atoms with Crippen molar-refractivity contribution in [1.29, 1.82) is 0 Å². The molecule has 0 bridgehead atoms. The predicted octanol–water partition coefficient (Wildman–Crippen LogP) is 11.2. The Kier molecular flexibility index (Phi) is 29.4. The summed E-state index contributed by atoms with van der Waals surface area (Å²) < 4.78 is 20.5. The molecule has 0 aromatic carbocycles. The Morgan fingerprint density at radius 1 is 0.457 bits per heavy atom. The molecule has 0 saturated carbocycles. The van der Waals surface area contributed by atoms with Gasteiger partial charge in [-0.2, -0.15) is 0 Å². The molecule has 3 nitrogen and oxygen atoms in total. The molecule has 0 aliphatic heterocycles. The maximum atomic E-state index is 6.48. The van der Waals surface area contributed by atoms with Crippen LogP contribution in [0.5, 0.6) is 0 Å². The molecular weight excluding hydrogens is 662 g/mol. The molecule has 0 fully saturated rings. The zero-order valence-electron chi connectivity index (χ0n) is 23.8. The summed E-state index contributed by atoms with van der Waals surface area (Å²) in [6.07, 6.45) is 24.8. The van der Waals surface area contributed by atoms with Crippen LogP contribution in [0.15, 0.2) is 0 Å². The Bertz CT molecular complexity index is 371. The van der Waals surface area contributed by atoms with Gasteiger partial charge in [0.15, 0.2) is 12.6 Å². The number of unbranched alkanes of at least 4 members (excludes halogenated alkanes) is 12. The minimum atomic E-state index is -0.124. The first-order valence-electron chi connectivity index (χ1n) is 15.2. The number of alkyl halides is 2. The van der Waals surface area contributed by atoms with E-state index in [-0.39, 0.29) is 12.6 Å². The van der Waals surface area contributed by atoms with E-state index in [0.29, 0.717) is 7.85 Å². The van der Waals surface area contributed by atoms with Crippen molar-refractivity contribution >= 4 is 45.2 Å². The largest absolute Gasteiger partial charge is 0.353 e. The molecular formula is C30H60I2O3. The topological polar surface area (TPSA) is 27.7 Å². The van der Waals surface area contributed by atoms with Crippen molar-refractivity contribution in [1.82, 2.24) is 0 Å². The van der Waals surface area contributed by atoms with E-state index in [1.54, 1.807) is 0 Å². The lowest BCUT2D eigenvalue weighted by atomic mass is 10.1. The monoisotopic (exact) mass is 722 g/mol. The van der Waals surface area contributed by atoms with Gasteiger partial charge < -0.3 is 14.2 Å². The first kappa shape index (κ1) is 36.3. The Morgan fingerprint density at radius 3 is 1.14 bits per heavy atom. The summed E-state index contributed by atoms with van der Waals surface area (Å²) in [5.74, 6) is 0. The third-order valence-corrected chi connectivity index (χ3v) is 7.74. The number of halogens is 2. The van der Waals surface area contributed by atoms with E-state index in [9.17, 15) is 0 Å². The second-order valence-corrected chi connectivity index (χ2v) is 14.7. The molecule has 0 radical (unpaired) electrons. The van der Waals surface area contributed by atoms with Gasteiger partial charge in [0.1, 0.15) is 0 Å². The van der Waals surface area contributed by atoms with E-state index in [2.05, 4.69) is 72.9 Å². The molecule has 0 saturated heterocycles. The standard InChI is InChI=1S/C30H60I2O3/c1-5-7-9-11-13-15-17-25-33-29(23-19-21-27(3)31)35-30(24-20-22-28(4)32)34-26-18-16-14-12-10-8-6-2/h27-30H,5-26H2,1-4H3. The van der Waals surface area contributed by atoms with Crippen LogP contribution < -0.4 is 0 Å². The molecule has 0 aromatic heterocycles. The van der Waals surface area contributed by atoms with Crippen LogP contribution in [0.2, 0.25) is 0 Å². The normalized spacial score (nSPS) is 15.3. The average molecular weight is 723 g/mol. The Balaban J connectivity index is 4.49. The van der Waals surface area contributed by atoms with Crippen molar-refractivity contribution in [3.63, 3.8) is 0 Å². The van der Waals surface area contributed by atoms with Crippen molar-refractivity contribution in [3.05, 3.63) is 0 Å². The zero-order valence-corrected chi connectivity index (χ0v) is 28.2. The van der Waals surface area contributed by atoms with Crippen molar-refractivity contribution in [2.75, 3.05) is 13.2 Å². The molecule has 5 heteroatoms. The van der Waals surface area contributed by atoms with Crippen LogP contribution in [-0.4, -0.2) is 33.6 Å². The molecule has 0 rings (SSSR count). The van der Waals surface area contributed by atoms with Gasteiger partial charge in [0.05, 0.1) is 0 Å². The highest BCUT2D eigenvalue weighted by atomic mass is 127. The van der Waals surface area contributed by atoms with Gasteiger partial charge in [0.25, 0.3) is 0 Å². The number of hydrogen-bond donors (Lipinski definition) is 0. The van der Waals surface area contributed by atoms with Gasteiger partial charge in [-0.1, -0.05) is 150 Å². The van der Waals surface area contributed by atoms with Crippen LogP contribution in [0.3, 0.4) is 0 Å². The molecule has 4 atom stereocenters. The molecule has 0 aromatic rings. The minimum absolute atomic E-state index is 0.124. The van der Waals surface area contributed by atoms with E-state index >= 15 is 0 Å². The fourth-order valence-electron chi connectivity index (χ4n) is 4.23. The summed E-state index contributed by atoms with van der Waals surface area (Å²) in [6.45, 7) is 10.8. The first-order chi connectivity index (χ1) is 17.0. The molecule has 0 aliphatic carbocycles. The summed E-state index contributed by atoms with van der Waals surface area (Å²) in [4.78, 5) is 0. The minimum Gasteiger partial charge on any atom is -0.353 e. The lowest BCUT2D eigenvalue weighted by Crippen LogP contribution is -2.28. The van der Waals surface area contributed by atoms with E-state index in [1.165, 1.54) is 89.9 Å². The highest BCUT2D eigenvalue weighted by molar-refractivity contribution is 14.1. The quantitative estimate of drug-likeness (QED) is 0.0348. The van der Waals surface area contributed by atoms with Gasteiger partial charge in [0, 0.05) is 21.1 Å². The van der Waals surface area contributed by atoms with Crippen LogP contribution in [0.4, 0.5) is 0 Å². The lowest BCUT2D eigenvalue weighted by Gasteiger charge is -2.26. The predicted molar refractivity (Wildman–Crippen MR) is 171 cm³/mol. The maximum absolute atomic E-state index is 6.48. The van der Waals surface area contributed by atoms with Crippen molar-refractivity contribution < 1.29 is 14.2 Å². The second kappa shape index (κ2) is 28.4. The average Bonchev–Trinajstić information content (AvgIpc) is 2.81. The van der Waals surface area contributed by atoms with Gasteiger partial charge in [-0.05, 0) is 51.4 Å². The van der Waals surface area contributed by atoms with Gasteiger partial charge in [-0.15, -0.1) is 0 Å². The fourth-order valence-corrected chi connectivity index (χ4v) is 5.11. The van der Waals surface area contributed by atoms with E-state index in [0.717, 1.165) is 51.7 Å². The molecule has 35 heavy (non-hydrogen) atoms. The molecule has 212 valence electrons. The van der Waals surface area contributed by atoms with E-state index in [4.69, 9.17) is 14.2 Å². The first-order valence-corrected chi connectivity index (χ1v) is 17.6. The van der Waals surface area contributed by atoms with Gasteiger partial charge >= 0.3 is 0 Å². The van der Waals surface area contributed by atoms with E-state index in [1.807, 2.05) is 0 Å². The fraction of sp³-hybridized carbons (Fsp3) is 1.00. The second-order valence-electron chi connectivity index (χ2n) is 10.4. The van der Waals surface area contributed by atoms with Gasteiger partial charge in [-0.25, -0.2) is 0 Å². The summed E-state index contributed by atoms with van der Waals surface area (Å²) in [5.41, 5.74) is 0. The van der Waals surface area contributed by atoms with Crippen molar-refractivity contribution in [2.45, 2.75) is 177 Å². The Morgan fingerprint density at radius 2 is 0.800 bits per heavy atom. The lowest BCUT2D eigenvalue weighted by molar-refractivity contribution is -0.250. The SMILES string of the molecule is CCCCCCCCCOC(CCCC(C)I)OC(CCCC(C)I)OCCCCCCCCC. The van der Waals surface area contributed by atoms with Crippen LogP contribution in [0, 0.1) is 0 Å². The van der Waals surface area contributed by atoms with Crippen molar-refractivity contribution in [2.24, 2.45) is 0 Å². The smallest absolute Gasteiger partial charge is 0.160 e. The molecule has 0 heterocycles. The number of hydrogen-bond acceptors (Lipinski definition) is 3. The van der Waals surface area contributed by atoms with E-state index < -0.39 is 0 Å². The summed E-state index contributed by atoms with van der Waals surface area (Å²) in [7, 11) is 0. The summed E-state index contributed by atoms with van der Waals surface area (Å²) in [6, 6.07) is 0. The van der Waals surface area contributed by atoms with Crippen LogP contribution in [0.25, 0.3) is 0 Å². The van der Waals surface area contributed by atoms with Crippen LogP contribution >= 0.6 is 45.2 Å². The molecule has 0 N–H and O–H groups in total. The van der Waals surface area contributed by atoms with Gasteiger partial charge in [-0.3, -0.25) is 0 Å². The third kappa shape index (κ3) is 28.2. The molecule has 4 unspecified atom stereocenters. The highest BCUT2D eigenvalue weighted by Gasteiger charge is 2.18. The van der Waals surface area contributed by atoms with Crippen LogP contribution in [0.1, 0.15) is 156 Å². The molecule has 0 aliphatic rings. The number of ether oxygens (including phenoxy) is 3. The Hall–Kier alpha value is 1.34. The van der Waals surface area contributed by atoms with Gasteiger partial charge in [0.2, 0.25) is 0 Å². The van der Waals surface area contributed by atoms with Crippen molar-refractivity contribution in [3.8, 4) is 0 Å². The van der Waals surface area contributed by atoms with Crippen LogP contribution in [-0.2, 0) is 14.2 Å². The highest BCUT2D eigenvalue weighted by Crippen LogP contribution is 2.20.